The van der Waals surface area contributed by atoms with Gasteiger partial charge in [0.25, 0.3) is 0 Å². The summed E-state index contributed by atoms with van der Waals surface area (Å²) in [6.07, 6.45) is 0. The number of carbonyl (C=O) groups is 1. The topological polar surface area (TPSA) is 38.8 Å². The Kier molecular flexibility index (Phi) is 4.12. The molecule has 3 aromatic rings. The van der Waals surface area contributed by atoms with Crippen LogP contribution in [-0.4, -0.2) is 5.97 Å². The normalized spacial score (nSPS) is 16.1. The highest BCUT2D eigenvalue weighted by Crippen LogP contribution is 2.55. The Balaban J connectivity index is 1.80. The molecule has 4 nitrogen and oxygen atoms in total. The molecule has 1 heterocycles. The molecule has 1 unspecified atom stereocenters. The van der Waals surface area contributed by atoms with E-state index < -0.39 is 8.53 Å². The van der Waals surface area contributed by atoms with Crippen LogP contribution in [0.2, 0.25) is 0 Å². The lowest BCUT2D eigenvalue weighted by Gasteiger charge is -2.34. The summed E-state index contributed by atoms with van der Waals surface area (Å²) in [7, 11) is -1.65. The fourth-order valence-corrected chi connectivity index (χ4v) is 4.17. The number of hydrogen-bond donors (Lipinski definition) is 0. The van der Waals surface area contributed by atoms with Crippen LogP contribution in [0.15, 0.2) is 78.9 Å². The summed E-state index contributed by atoms with van der Waals surface area (Å²) in [5.74, 6) is 0.351. The van der Waals surface area contributed by atoms with Gasteiger partial charge in [-0.15, -0.1) is 0 Å². The third-order valence-corrected chi connectivity index (χ3v) is 5.40. The lowest BCUT2D eigenvalue weighted by atomic mass is 10.1. The van der Waals surface area contributed by atoms with Crippen molar-refractivity contribution in [3.05, 3.63) is 90.0 Å². The van der Waals surface area contributed by atoms with Crippen LogP contribution in [-0.2, 0) is 4.52 Å². The van der Waals surface area contributed by atoms with Crippen molar-refractivity contribution in [2.45, 2.75) is 6.92 Å². The fraction of sp³-hybridized carbons (Fsp3) is 0.0500. The van der Waals surface area contributed by atoms with Crippen molar-refractivity contribution in [3.63, 3.8) is 0 Å². The van der Waals surface area contributed by atoms with Gasteiger partial charge in [-0.3, -0.25) is 4.67 Å². The zero-order valence-electron chi connectivity index (χ0n) is 13.6. The van der Waals surface area contributed by atoms with E-state index in [2.05, 4.69) is 0 Å². The molecule has 0 saturated carbocycles. The van der Waals surface area contributed by atoms with Crippen molar-refractivity contribution in [2.75, 3.05) is 4.67 Å². The predicted molar refractivity (Wildman–Crippen MR) is 99.2 cm³/mol. The van der Waals surface area contributed by atoms with Gasteiger partial charge in [-0.25, -0.2) is 4.79 Å². The average Bonchev–Trinajstić information content (AvgIpc) is 2.65. The highest BCUT2D eigenvalue weighted by molar-refractivity contribution is 7.51. The molecule has 0 aliphatic carbocycles. The van der Waals surface area contributed by atoms with Crippen LogP contribution in [0.3, 0.4) is 0 Å². The second-order valence-corrected chi connectivity index (χ2v) is 6.88. The summed E-state index contributed by atoms with van der Waals surface area (Å²) in [5.41, 5.74) is 3.25. The third kappa shape index (κ3) is 2.97. The number of fused-ring (bicyclic) bond motifs is 1. The number of benzene rings is 3. The Morgan fingerprint density at radius 2 is 1.56 bits per heavy atom. The molecule has 4 rings (SSSR count). The maximum absolute atomic E-state index is 12.4. The van der Waals surface area contributed by atoms with Crippen molar-refractivity contribution in [1.29, 1.82) is 0 Å². The van der Waals surface area contributed by atoms with Crippen molar-refractivity contribution in [3.8, 4) is 5.75 Å². The van der Waals surface area contributed by atoms with E-state index in [0.29, 0.717) is 11.3 Å². The number of carbonyl (C=O) groups excluding carboxylic acids is 1. The molecule has 1 atom stereocenters. The Bertz CT molecular complexity index is 914. The summed E-state index contributed by atoms with van der Waals surface area (Å²) in [6, 6.07) is 25.0. The Hall–Kier alpha value is -2.84. The van der Waals surface area contributed by atoms with Crippen LogP contribution < -0.4 is 9.19 Å². The predicted octanol–water partition coefficient (Wildman–Crippen LogP) is 5.61. The van der Waals surface area contributed by atoms with E-state index in [1.54, 1.807) is 6.07 Å². The molecule has 124 valence electrons. The first-order chi connectivity index (χ1) is 12.2. The zero-order valence-corrected chi connectivity index (χ0v) is 14.5. The first-order valence-electron chi connectivity index (χ1n) is 7.94. The van der Waals surface area contributed by atoms with E-state index in [1.807, 2.05) is 84.4 Å². The Labute approximate surface area is 147 Å². The molecule has 0 saturated heterocycles. The zero-order chi connectivity index (χ0) is 17.2. The smallest absolute Gasteiger partial charge is 0.422 e. The van der Waals surface area contributed by atoms with Gasteiger partial charge in [-0.1, -0.05) is 48.5 Å². The van der Waals surface area contributed by atoms with Crippen LogP contribution in [0.25, 0.3) is 0 Å². The molecule has 0 N–H and O–H groups in total. The van der Waals surface area contributed by atoms with Gasteiger partial charge in [0.1, 0.15) is 5.75 Å². The van der Waals surface area contributed by atoms with E-state index in [1.165, 1.54) is 0 Å². The molecular formula is C20H16NO3P. The molecule has 25 heavy (non-hydrogen) atoms. The number of nitrogens with zero attached hydrogens (tertiary/aromatic N) is 1. The standard InChI is InChI=1S/C20H16NO3P/c1-15-9-5-8-14-19(15)23-25-21(16-10-3-2-4-11-16)18-13-7-6-12-17(18)20(22)24-25/h2-14H,1H3. The van der Waals surface area contributed by atoms with Gasteiger partial charge in [0.15, 0.2) is 0 Å². The maximum Gasteiger partial charge on any atom is 0.424 e. The quantitative estimate of drug-likeness (QED) is 0.576. The first kappa shape index (κ1) is 15.7. The number of rotatable bonds is 3. The number of anilines is 2. The highest BCUT2D eigenvalue weighted by atomic mass is 31.2. The van der Waals surface area contributed by atoms with Crippen LogP contribution >= 0.6 is 8.53 Å². The van der Waals surface area contributed by atoms with Gasteiger partial charge in [0.05, 0.1) is 16.9 Å². The van der Waals surface area contributed by atoms with Gasteiger partial charge in [-0.05, 0) is 42.8 Å². The summed E-state index contributed by atoms with van der Waals surface area (Å²) >= 11 is 0. The molecule has 0 amide bonds. The third-order valence-electron chi connectivity index (χ3n) is 3.95. The molecular weight excluding hydrogens is 333 g/mol. The van der Waals surface area contributed by atoms with Crippen molar-refractivity contribution >= 4 is 25.9 Å². The number of hydrogen-bond acceptors (Lipinski definition) is 4. The fourth-order valence-electron chi connectivity index (χ4n) is 2.68. The summed E-state index contributed by atoms with van der Waals surface area (Å²) in [4.78, 5) is 12.4. The molecule has 3 aromatic carbocycles. The van der Waals surface area contributed by atoms with E-state index in [9.17, 15) is 4.79 Å². The van der Waals surface area contributed by atoms with Crippen LogP contribution in [0.5, 0.6) is 5.75 Å². The van der Waals surface area contributed by atoms with Crippen LogP contribution in [0.1, 0.15) is 15.9 Å². The number of para-hydroxylation sites is 3. The van der Waals surface area contributed by atoms with E-state index in [4.69, 9.17) is 9.05 Å². The van der Waals surface area contributed by atoms with Crippen molar-refractivity contribution in [2.24, 2.45) is 0 Å². The second-order valence-electron chi connectivity index (χ2n) is 5.64. The van der Waals surface area contributed by atoms with Gasteiger partial charge in [0, 0.05) is 0 Å². The summed E-state index contributed by atoms with van der Waals surface area (Å²) in [6.45, 7) is 1.97. The molecule has 0 radical (unpaired) electrons. The molecule has 1 aliphatic rings. The lowest BCUT2D eigenvalue weighted by molar-refractivity contribution is 0.0735. The van der Waals surface area contributed by atoms with Crippen molar-refractivity contribution < 1.29 is 13.8 Å². The van der Waals surface area contributed by atoms with Crippen molar-refractivity contribution in [1.82, 2.24) is 0 Å². The molecule has 5 heteroatoms. The maximum atomic E-state index is 12.4. The summed E-state index contributed by atoms with van der Waals surface area (Å²) in [5, 5.41) is 0. The largest absolute Gasteiger partial charge is 0.424 e. The average molecular weight is 349 g/mol. The van der Waals surface area contributed by atoms with E-state index in [0.717, 1.165) is 16.9 Å². The van der Waals surface area contributed by atoms with E-state index in [-0.39, 0.29) is 5.97 Å². The minimum Gasteiger partial charge on any atom is -0.422 e. The highest BCUT2D eigenvalue weighted by Gasteiger charge is 2.37. The Morgan fingerprint density at radius 3 is 2.36 bits per heavy atom. The second kappa shape index (κ2) is 6.58. The molecule has 0 fully saturated rings. The SMILES string of the molecule is Cc1ccccc1OP1OC(=O)c2ccccc2N1c1ccccc1. The molecule has 0 bridgehead atoms. The first-order valence-corrected chi connectivity index (χ1v) is 9.07. The van der Waals surface area contributed by atoms with Crippen LogP contribution in [0.4, 0.5) is 11.4 Å². The van der Waals surface area contributed by atoms with Gasteiger partial charge in [-0.2, -0.15) is 0 Å². The molecule has 1 aliphatic heterocycles. The number of aryl methyl sites for hydroxylation is 1. The minimum absolute atomic E-state index is 0.359. The Morgan fingerprint density at radius 1 is 0.880 bits per heavy atom. The van der Waals surface area contributed by atoms with E-state index >= 15 is 0 Å². The van der Waals surface area contributed by atoms with Gasteiger partial charge >= 0.3 is 14.5 Å². The summed E-state index contributed by atoms with van der Waals surface area (Å²) < 4.78 is 13.8. The van der Waals surface area contributed by atoms with Gasteiger partial charge in [0.2, 0.25) is 0 Å². The van der Waals surface area contributed by atoms with Crippen LogP contribution in [0, 0.1) is 6.92 Å². The minimum atomic E-state index is -1.65. The molecule has 0 aromatic heterocycles. The van der Waals surface area contributed by atoms with Gasteiger partial charge < -0.3 is 9.05 Å². The monoisotopic (exact) mass is 349 g/mol. The lowest BCUT2D eigenvalue weighted by Crippen LogP contribution is -2.25. The molecule has 0 spiro atoms.